The zero-order valence-electron chi connectivity index (χ0n) is 13.0. The van der Waals surface area contributed by atoms with Crippen molar-refractivity contribution >= 4 is 5.91 Å². The summed E-state index contributed by atoms with van der Waals surface area (Å²) in [5.74, 6) is 0.0714. The van der Waals surface area contributed by atoms with Gasteiger partial charge in [0, 0.05) is 25.1 Å². The molecular weight excluding hydrogens is 292 g/mol. The van der Waals surface area contributed by atoms with E-state index < -0.39 is 0 Å². The van der Waals surface area contributed by atoms with Gasteiger partial charge in [-0.1, -0.05) is 12.1 Å². The van der Waals surface area contributed by atoms with Gasteiger partial charge >= 0.3 is 0 Å². The maximum Gasteiger partial charge on any atom is 0.256 e. The van der Waals surface area contributed by atoms with Crippen molar-refractivity contribution in [1.29, 1.82) is 0 Å². The molecule has 1 amide bonds. The molecule has 4 rings (SSSR count). The van der Waals surface area contributed by atoms with Gasteiger partial charge in [-0.05, 0) is 31.4 Å². The first-order valence-corrected chi connectivity index (χ1v) is 8.09. The number of hydrogen-bond acceptors (Lipinski definition) is 4. The Labute approximate surface area is 135 Å². The van der Waals surface area contributed by atoms with Crippen LogP contribution in [0.25, 0.3) is 5.69 Å². The van der Waals surface area contributed by atoms with Gasteiger partial charge in [-0.2, -0.15) is 5.10 Å². The first-order valence-electron chi connectivity index (χ1n) is 8.09. The Bertz CT molecular complexity index is 692. The summed E-state index contributed by atoms with van der Waals surface area (Å²) in [6, 6.07) is 7.58. The zero-order chi connectivity index (χ0) is 15.7. The SMILES string of the molecule is O=C(c1ccccc1-n1cncn1)N1CCC[C@@]2(CCOC2)C1. The minimum atomic E-state index is 0.0714. The lowest BCUT2D eigenvalue weighted by atomic mass is 9.79. The Hall–Kier alpha value is -2.21. The van der Waals surface area contributed by atoms with Gasteiger partial charge in [0.05, 0.1) is 17.9 Å². The first-order chi connectivity index (χ1) is 11.3. The van der Waals surface area contributed by atoms with E-state index >= 15 is 0 Å². The number of benzene rings is 1. The highest BCUT2D eigenvalue weighted by Crippen LogP contribution is 2.38. The second-order valence-electron chi connectivity index (χ2n) is 6.49. The molecule has 1 aromatic carbocycles. The summed E-state index contributed by atoms with van der Waals surface area (Å²) in [5.41, 5.74) is 1.61. The van der Waals surface area contributed by atoms with E-state index in [-0.39, 0.29) is 11.3 Å². The number of piperidine rings is 1. The molecule has 2 aliphatic rings. The highest BCUT2D eigenvalue weighted by molar-refractivity contribution is 5.97. The van der Waals surface area contributed by atoms with Crippen molar-refractivity contribution in [2.45, 2.75) is 19.3 Å². The van der Waals surface area contributed by atoms with Crippen LogP contribution in [-0.2, 0) is 4.74 Å². The highest BCUT2D eigenvalue weighted by atomic mass is 16.5. The summed E-state index contributed by atoms with van der Waals surface area (Å²) in [5, 5.41) is 4.16. The number of hydrogen-bond donors (Lipinski definition) is 0. The van der Waals surface area contributed by atoms with E-state index in [9.17, 15) is 4.79 Å². The van der Waals surface area contributed by atoms with Gasteiger partial charge in [-0.15, -0.1) is 0 Å². The predicted molar refractivity (Wildman–Crippen MR) is 84.4 cm³/mol. The van der Waals surface area contributed by atoms with Crippen molar-refractivity contribution < 1.29 is 9.53 Å². The van der Waals surface area contributed by atoms with Crippen LogP contribution < -0.4 is 0 Å². The molecule has 0 aliphatic carbocycles. The summed E-state index contributed by atoms with van der Waals surface area (Å²) in [6.07, 6.45) is 6.35. The number of carbonyl (C=O) groups is 1. The molecule has 0 bridgehead atoms. The van der Waals surface area contributed by atoms with E-state index in [0.29, 0.717) is 5.56 Å². The van der Waals surface area contributed by atoms with Crippen molar-refractivity contribution in [2.75, 3.05) is 26.3 Å². The van der Waals surface area contributed by atoms with Crippen LogP contribution in [0.3, 0.4) is 0 Å². The molecule has 120 valence electrons. The third-order valence-electron chi connectivity index (χ3n) is 4.93. The van der Waals surface area contributed by atoms with Crippen molar-refractivity contribution in [1.82, 2.24) is 19.7 Å². The lowest BCUT2D eigenvalue weighted by molar-refractivity contribution is 0.0462. The third-order valence-corrected chi connectivity index (χ3v) is 4.93. The van der Waals surface area contributed by atoms with Gasteiger partial charge in [-0.25, -0.2) is 9.67 Å². The third kappa shape index (κ3) is 2.63. The summed E-state index contributed by atoms with van der Waals surface area (Å²) >= 11 is 0. The first kappa shape index (κ1) is 14.4. The van der Waals surface area contributed by atoms with Gasteiger partial charge in [0.15, 0.2) is 0 Å². The zero-order valence-corrected chi connectivity index (χ0v) is 13.0. The molecule has 2 saturated heterocycles. The molecule has 2 aliphatic heterocycles. The molecule has 6 heteroatoms. The van der Waals surface area contributed by atoms with Crippen LogP contribution in [-0.4, -0.2) is 51.9 Å². The number of nitrogens with zero attached hydrogens (tertiary/aromatic N) is 4. The number of rotatable bonds is 2. The maximum absolute atomic E-state index is 13.1. The second-order valence-corrected chi connectivity index (χ2v) is 6.49. The van der Waals surface area contributed by atoms with E-state index in [1.165, 1.54) is 6.33 Å². The van der Waals surface area contributed by atoms with Crippen molar-refractivity contribution in [2.24, 2.45) is 5.41 Å². The lowest BCUT2D eigenvalue weighted by Crippen LogP contribution is -2.46. The van der Waals surface area contributed by atoms with E-state index in [1.807, 2.05) is 29.2 Å². The van der Waals surface area contributed by atoms with Crippen LogP contribution in [0.4, 0.5) is 0 Å². The molecule has 1 atom stereocenters. The number of aromatic nitrogens is 3. The lowest BCUT2D eigenvalue weighted by Gasteiger charge is -2.39. The quantitative estimate of drug-likeness (QED) is 0.850. The fourth-order valence-corrected chi connectivity index (χ4v) is 3.71. The van der Waals surface area contributed by atoms with Gasteiger partial charge in [0.25, 0.3) is 5.91 Å². The van der Waals surface area contributed by atoms with E-state index in [0.717, 1.165) is 51.3 Å². The Balaban J connectivity index is 1.62. The van der Waals surface area contributed by atoms with Crippen LogP contribution in [0.2, 0.25) is 0 Å². The Morgan fingerprint density at radius 1 is 1.26 bits per heavy atom. The molecule has 3 heterocycles. The van der Waals surface area contributed by atoms with Crippen LogP contribution >= 0.6 is 0 Å². The molecule has 0 unspecified atom stereocenters. The average Bonchev–Trinajstić information content (AvgIpc) is 3.27. The summed E-state index contributed by atoms with van der Waals surface area (Å²) < 4.78 is 7.24. The molecule has 23 heavy (non-hydrogen) atoms. The Morgan fingerprint density at radius 2 is 2.17 bits per heavy atom. The normalized spacial score (nSPS) is 24.3. The van der Waals surface area contributed by atoms with Gasteiger partial charge in [0.2, 0.25) is 0 Å². The molecule has 1 spiro atoms. The van der Waals surface area contributed by atoms with Crippen LogP contribution in [0.1, 0.15) is 29.6 Å². The van der Waals surface area contributed by atoms with Gasteiger partial charge in [0.1, 0.15) is 12.7 Å². The smallest absolute Gasteiger partial charge is 0.256 e. The molecule has 1 aromatic heterocycles. The van der Waals surface area contributed by atoms with Crippen LogP contribution in [0, 0.1) is 5.41 Å². The Morgan fingerprint density at radius 3 is 2.96 bits per heavy atom. The molecule has 0 N–H and O–H groups in total. The topological polar surface area (TPSA) is 60.2 Å². The number of para-hydroxylation sites is 1. The minimum Gasteiger partial charge on any atom is -0.381 e. The monoisotopic (exact) mass is 312 g/mol. The molecular formula is C17H20N4O2. The standard InChI is InChI=1S/C17H20N4O2/c22-16(20-8-3-6-17(10-20)7-9-23-11-17)14-4-1-2-5-15(14)21-13-18-12-19-21/h1-2,4-5,12-13H,3,6-11H2/t17-/m1/s1. The molecule has 2 fully saturated rings. The van der Waals surface area contributed by atoms with Crippen LogP contribution in [0.15, 0.2) is 36.9 Å². The van der Waals surface area contributed by atoms with Gasteiger partial charge in [-0.3, -0.25) is 4.79 Å². The van der Waals surface area contributed by atoms with Crippen LogP contribution in [0.5, 0.6) is 0 Å². The average molecular weight is 312 g/mol. The predicted octanol–water partition coefficient (Wildman–Crippen LogP) is 1.91. The number of ether oxygens (including phenoxy) is 1. The second kappa shape index (κ2) is 5.77. The van der Waals surface area contributed by atoms with E-state index in [2.05, 4.69) is 10.1 Å². The van der Waals surface area contributed by atoms with Gasteiger partial charge < -0.3 is 9.64 Å². The highest BCUT2D eigenvalue weighted by Gasteiger charge is 2.40. The fourth-order valence-electron chi connectivity index (χ4n) is 3.71. The van der Waals surface area contributed by atoms with Crippen molar-refractivity contribution in [3.05, 3.63) is 42.5 Å². The Kier molecular flexibility index (Phi) is 3.61. The number of carbonyl (C=O) groups excluding carboxylic acids is 1. The van der Waals surface area contributed by atoms with Crippen molar-refractivity contribution in [3.63, 3.8) is 0 Å². The van der Waals surface area contributed by atoms with Crippen molar-refractivity contribution in [3.8, 4) is 5.69 Å². The molecule has 0 saturated carbocycles. The summed E-state index contributed by atoms with van der Waals surface area (Å²) in [4.78, 5) is 19.0. The minimum absolute atomic E-state index is 0.0714. The largest absolute Gasteiger partial charge is 0.381 e. The summed E-state index contributed by atoms with van der Waals surface area (Å²) in [6.45, 7) is 3.20. The fraction of sp³-hybridized carbons (Fsp3) is 0.471. The van der Waals surface area contributed by atoms with E-state index in [4.69, 9.17) is 4.74 Å². The number of likely N-dealkylation sites (tertiary alicyclic amines) is 1. The maximum atomic E-state index is 13.1. The molecule has 2 aromatic rings. The summed E-state index contributed by atoms with van der Waals surface area (Å²) in [7, 11) is 0. The van der Waals surface area contributed by atoms with E-state index in [1.54, 1.807) is 11.0 Å². The molecule has 6 nitrogen and oxygen atoms in total. The molecule has 0 radical (unpaired) electrons. The number of amides is 1.